The number of ether oxygens (including phenoxy) is 1. The van der Waals surface area contributed by atoms with E-state index in [4.69, 9.17) is 9.72 Å². The summed E-state index contributed by atoms with van der Waals surface area (Å²) in [6.07, 6.45) is 0.976. The zero-order chi connectivity index (χ0) is 15.5. The minimum Gasteiger partial charge on any atom is -0.497 e. The van der Waals surface area contributed by atoms with Gasteiger partial charge in [-0.15, -0.1) is 0 Å². The standard InChI is InChI=1S/C19H22N2O/c1-14(2)11-19-20-17-10-9-16(22-3)12-18(17)21(19)13-15-7-5-4-6-8-15/h4-10,12,14H,11,13H2,1-3H3. The van der Waals surface area contributed by atoms with Gasteiger partial charge in [0.1, 0.15) is 11.6 Å². The van der Waals surface area contributed by atoms with Crippen LogP contribution in [0, 0.1) is 5.92 Å². The van der Waals surface area contributed by atoms with E-state index in [1.165, 1.54) is 5.56 Å². The third-order valence-electron chi connectivity index (χ3n) is 3.81. The van der Waals surface area contributed by atoms with Crippen molar-refractivity contribution < 1.29 is 4.74 Å². The summed E-state index contributed by atoms with van der Waals surface area (Å²) in [4.78, 5) is 4.83. The van der Waals surface area contributed by atoms with Crippen molar-refractivity contribution in [2.75, 3.05) is 7.11 Å². The Balaban J connectivity index is 2.10. The maximum absolute atomic E-state index is 5.38. The molecule has 0 aliphatic rings. The van der Waals surface area contributed by atoms with Gasteiger partial charge in [-0.25, -0.2) is 4.98 Å². The number of imidazole rings is 1. The fraction of sp³-hybridized carbons (Fsp3) is 0.316. The minimum atomic E-state index is 0.577. The third-order valence-corrected chi connectivity index (χ3v) is 3.81. The normalized spacial score (nSPS) is 11.3. The van der Waals surface area contributed by atoms with Crippen LogP contribution in [-0.2, 0) is 13.0 Å². The smallest absolute Gasteiger partial charge is 0.121 e. The zero-order valence-electron chi connectivity index (χ0n) is 13.4. The van der Waals surface area contributed by atoms with Crippen LogP contribution in [0.15, 0.2) is 48.5 Å². The van der Waals surface area contributed by atoms with Crippen molar-refractivity contribution in [3.05, 3.63) is 59.9 Å². The van der Waals surface area contributed by atoms with Crippen LogP contribution in [0.4, 0.5) is 0 Å². The first-order chi connectivity index (χ1) is 10.7. The first-order valence-electron chi connectivity index (χ1n) is 7.74. The van der Waals surface area contributed by atoms with E-state index >= 15 is 0 Å². The summed E-state index contributed by atoms with van der Waals surface area (Å²) >= 11 is 0. The van der Waals surface area contributed by atoms with Gasteiger partial charge >= 0.3 is 0 Å². The number of fused-ring (bicyclic) bond motifs is 1. The molecule has 22 heavy (non-hydrogen) atoms. The van der Waals surface area contributed by atoms with E-state index in [1.807, 2.05) is 18.2 Å². The highest BCUT2D eigenvalue weighted by Crippen LogP contribution is 2.24. The molecule has 3 heteroatoms. The van der Waals surface area contributed by atoms with Crippen LogP contribution >= 0.6 is 0 Å². The van der Waals surface area contributed by atoms with Crippen LogP contribution < -0.4 is 4.74 Å². The van der Waals surface area contributed by atoms with E-state index in [1.54, 1.807) is 7.11 Å². The Morgan fingerprint density at radius 2 is 1.86 bits per heavy atom. The van der Waals surface area contributed by atoms with Gasteiger partial charge in [-0.05, 0) is 23.6 Å². The summed E-state index contributed by atoms with van der Waals surface area (Å²) in [5, 5.41) is 0. The van der Waals surface area contributed by atoms with Crippen LogP contribution in [0.25, 0.3) is 11.0 Å². The Hall–Kier alpha value is -2.29. The Bertz CT molecular complexity index is 760. The average molecular weight is 294 g/mol. The lowest BCUT2D eigenvalue weighted by Crippen LogP contribution is -2.08. The summed E-state index contributed by atoms with van der Waals surface area (Å²) < 4.78 is 7.69. The number of methoxy groups -OCH3 is 1. The largest absolute Gasteiger partial charge is 0.497 e. The topological polar surface area (TPSA) is 27.1 Å². The van der Waals surface area contributed by atoms with E-state index in [-0.39, 0.29) is 0 Å². The number of aromatic nitrogens is 2. The van der Waals surface area contributed by atoms with Crippen LogP contribution in [-0.4, -0.2) is 16.7 Å². The second kappa shape index (κ2) is 6.22. The number of rotatable bonds is 5. The average Bonchev–Trinajstić information content (AvgIpc) is 2.84. The summed E-state index contributed by atoms with van der Waals surface area (Å²) in [7, 11) is 1.70. The molecule has 0 saturated carbocycles. The fourth-order valence-corrected chi connectivity index (χ4v) is 2.74. The molecule has 114 valence electrons. The van der Waals surface area contributed by atoms with E-state index in [0.717, 1.165) is 35.6 Å². The Morgan fingerprint density at radius 3 is 2.55 bits per heavy atom. The molecule has 0 spiro atoms. The molecule has 0 fully saturated rings. The van der Waals surface area contributed by atoms with Gasteiger partial charge in [-0.2, -0.15) is 0 Å². The lowest BCUT2D eigenvalue weighted by atomic mass is 10.1. The molecule has 3 aromatic rings. The molecule has 0 atom stereocenters. The minimum absolute atomic E-state index is 0.577. The second-order valence-electron chi connectivity index (χ2n) is 6.05. The van der Waals surface area contributed by atoms with Gasteiger partial charge in [-0.1, -0.05) is 44.2 Å². The summed E-state index contributed by atoms with van der Waals surface area (Å²) in [6.45, 7) is 5.30. The monoisotopic (exact) mass is 294 g/mol. The molecule has 3 rings (SSSR count). The first kappa shape index (κ1) is 14.6. The van der Waals surface area contributed by atoms with Gasteiger partial charge < -0.3 is 9.30 Å². The summed E-state index contributed by atoms with van der Waals surface area (Å²) in [5.41, 5.74) is 3.46. The molecule has 1 aromatic heterocycles. The van der Waals surface area contributed by atoms with E-state index in [0.29, 0.717) is 5.92 Å². The SMILES string of the molecule is COc1ccc2nc(CC(C)C)n(Cc3ccccc3)c2c1. The number of hydrogen-bond acceptors (Lipinski definition) is 2. The van der Waals surface area contributed by atoms with Crippen molar-refractivity contribution in [3.8, 4) is 5.75 Å². The second-order valence-corrected chi connectivity index (χ2v) is 6.05. The van der Waals surface area contributed by atoms with Crippen molar-refractivity contribution >= 4 is 11.0 Å². The Morgan fingerprint density at radius 1 is 1.09 bits per heavy atom. The quantitative estimate of drug-likeness (QED) is 0.702. The number of benzene rings is 2. The molecule has 0 aliphatic heterocycles. The van der Waals surface area contributed by atoms with Crippen molar-refractivity contribution in [3.63, 3.8) is 0 Å². The molecule has 0 bridgehead atoms. The predicted molar refractivity (Wildman–Crippen MR) is 90.4 cm³/mol. The molecule has 0 saturated heterocycles. The van der Waals surface area contributed by atoms with Gasteiger partial charge in [0.15, 0.2) is 0 Å². The number of nitrogens with zero attached hydrogens (tertiary/aromatic N) is 2. The van der Waals surface area contributed by atoms with Gasteiger partial charge in [0, 0.05) is 19.0 Å². The maximum atomic E-state index is 5.38. The van der Waals surface area contributed by atoms with Crippen LogP contribution in [0.3, 0.4) is 0 Å². The zero-order valence-corrected chi connectivity index (χ0v) is 13.4. The molecule has 0 N–H and O–H groups in total. The van der Waals surface area contributed by atoms with Gasteiger partial charge in [0.25, 0.3) is 0 Å². The lowest BCUT2D eigenvalue weighted by molar-refractivity contribution is 0.415. The van der Waals surface area contributed by atoms with Crippen LogP contribution in [0.2, 0.25) is 0 Å². The molecule has 3 nitrogen and oxygen atoms in total. The molecule has 0 amide bonds. The first-order valence-corrected chi connectivity index (χ1v) is 7.74. The third kappa shape index (κ3) is 2.98. The lowest BCUT2D eigenvalue weighted by Gasteiger charge is -2.11. The van der Waals surface area contributed by atoms with E-state index in [2.05, 4.69) is 48.7 Å². The molecular weight excluding hydrogens is 272 g/mol. The van der Waals surface area contributed by atoms with Gasteiger partial charge in [-0.3, -0.25) is 0 Å². The van der Waals surface area contributed by atoms with Crippen LogP contribution in [0.1, 0.15) is 25.2 Å². The van der Waals surface area contributed by atoms with Gasteiger partial charge in [0.05, 0.1) is 18.1 Å². The van der Waals surface area contributed by atoms with Crippen molar-refractivity contribution in [2.24, 2.45) is 5.92 Å². The predicted octanol–water partition coefficient (Wildman–Crippen LogP) is 4.29. The van der Waals surface area contributed by atoms with Crippen molar-refractivity contribution in [2.45, 2.75) is 26.8 Å². The number of hydrogen-bond donors (Lipinski definition) is 0. The van der Waals surface area contributed by atoms with E-state index in [9.17, 15) is 0 Å². The Kier molecular flexibility index (Phi) is 4.14. The van der Waals surface area contributed by atoms with Gasteiger partial charge in [0.2, 0.25) is 0 Å². The Labute approximate surface area is 131 Å². The highest BCUT2D eigenvalue weighted by molar-refractivity contribution is 5.78. The van der Waals surface area contributed by atoms with Crippen molar-refractivity contribution in [1.29, 1.82) is 0 Å². The molecule has 0 unspecified atom stereocenters. The summed E-state index contributed by atoms with van der Waals surface area (Å²) in [5.74, 6) is 2.59. The molecule has 0 aliphatic carbocycles. The highest BCUT2D eigenvalue weighted by atomic mass is 16.5. The summed E-state index contributed by atoms with van der Waals surface area (Å²) in [6, 6.07) is 16.6. The molecule has 0 radical (unpaired) electrons. The van der Waals surface area contributed by atoms with E-state index < -0.39 is 0 Å². The maximum Gasteiger partial charge on any atom is 0.121 e. The fourth-order valence-electron chi connectivity index (χ4n) is 2.74. The highest BCUT2D eigenvalue weighted by Gasteiger charge is 2.13. The molecular formula is C19H22N2O. The van der Waals surface area contributed by atoms with Crippen LogP contribution in [0.5, 0.6) is 5.75 Å². The molecule has 1 heterocycles. The molecule has 2 aromatic carbocycles. The van der Waals surface area contributed by atoms with Crippen molar-refractivity contribution in [1.82, 2.24) is 9.55 Å².